The van der Waals surface area contributed by atoms with Crippen molar-refractivity contribution in [3.63, 3.8) is 0 Å². The Morgan fingerprint density at radius 1 is 1.06 bits per heavy atom. The minimum Gasteiger partial charge on any atom is -0.437 e. The van der Waals surface area contributed by atoms with E-state index in [9.17, 15) is 31.1 Å². The van der Waals surface area contributed by atoms with E-state index in [-0.39, 0.29) is 18.6 Å². The Morgan fingerprint density at radius 3 is 2.33 bits per heavy atom. The van der Waals surface area contributed by atoms with E-state index >= 15 is 0 Å². The number of carbonyl (C=O) groups is 1. The molecule has 1 aromatic carbocycles. The number of benzene rings is 1. The standard InChI is InChI=1S/C25H33F6N3O2/c1-17-4-9-33(15-17)21-13-19(12-20(14-21)25(29,30)31)16-34-8-3-5-23(34)6-10-32(11-7-23)22(35)36-18(2)24(26,27)28/h12-14,17-18H,3-11,15-16H2,1-2H3. The summed E-state index contributed by atoms with van der Waals surface area (Å²) in [5.41, 5.74) is 0.248. The van der Waals surface area contributed by atoms with Gasteiger partial charge < -0.3 is 14.5 Å². The van der Waals surface area contributed by atoms with E-state index in [1.807, 2.05) is 11.0 Å². The van der Waals surface area contributed by atoms with E-state index in [2.05, 4.69) is 16.6 Å². The maximum atomic E-state index is 13.7. The third-order valence-corrected chi connectivity index (χ3v) is 7.90. The number of likely N-dealkylation sites (tertiary alicyclic amines) is 2. The van der Waals surface area contributed by atoms with E-state index in [4.69, 9.17) is 0 Å². The van der Waals surface area contributed by atoms with Crippen LogP contribution in [0.3, 0.4) is 0 Å². The van der Waals surface area contributed by atoms with Crippen molar-refractivity contribution in [1.29, 1.82) is 0 Å². The lowest BCUT2D eigenvalue weighted by Crippen LogP contribution is -2.53. The fraction of sp³-hybridized carbons (Fsp3) is 0.720. The Labute approximate surface area is 207 Å². The maximum Gasteiger partial charge on any atom is 0.425 e. The summed E-state index contributed by atoms with van der Waals surface area (Å²) >= 11 is 0. The molecule has 1 spiro atoms. The second-order valence-electron chi connectivity index (χ2n) is 10.5. The van der Waals surface area contributed by atoms with Crippen LogP contribution in [0.4, 0.5) is 36.8 Å². The number of ether oxygens (including phenoxy) is 1. The number of alkyl halides is 6. The second-order valence-corrected chi connectivity index (χ2v) is 10.5. The van der Waals surface area contributed by atoms with Crippen LogP contribution in [0.5, 0.6) is 0 Å². The number of piperidine rings is 1. The maximum absolute atomic E-state index is 13.7. The molecule has 36 heavy (non-hydrogen) atoms. The molecule has 0 saturated carbocycles. The molecule has 3 saturated heterocycles. The molecule has 0 aliphatic carbocycles. The van der Waals surface area contributed by atoms with Gasteiger partial charge in [-0.15, -0.1) is 0 Å². The van der Waals surface area contributed by atoms with Crippen molar-refractivity contribution in [2.75, 3.05) is 37.6 Å². The number of halogens is 6. The Kier molecular flexibility index (Phi) is 7.43. The number of rotatable bonds is 4. The molecule has 0 bridgehead atoms. The third kappa shape index (κ3) is 5.86. The molecule has 0 aromatic heterocycles. The molecule has 0 N–H and O–H groups in total. The zero-order valence-electron chi connectivity index (χ0n) is 20.6. The van der Waals surface area contributed by atoms with Crippen molar-refractivity contribution in [2.45, 2.75) is 76.5 Å². The van der Waals surface area contributed by atoms with Crippen LogP contribution in [0.25, 0.3) is 0 Å². The van der Waals surface area contributed by atoms with Crippen molar-refractivity contribution >= 4 is 11.8 Å². The third-order valence-electron chi connectivity index (χ3n) is 7.90. The topological polar surface area (TPSA) is 36.0 Å². The zero-order chi connectivity index (χ0) is 26.3. The molecule has 202 valence electrons. The van der Waals surface area contributed by atoms with Gasteiger partial charge in [0, 0.05) is 44.0 Å². The van der Waals surface area contributed by atoms with Gasteiger partial charge in [0.2, 0.25) is 0 Å². The van der Waals surface area contributed by atoms with Crippen LogP contribution in [0.1, 0.15) is 57.1 Å². The van der Waals surface area contributed by atoms with Crippen molar-refractivity contribution < 1.29 is 35.9 Å². The van der Waals surface area contributed by atoms with Crippen molar-refractivity contribution in [3.05, 3.63) is 29.3 Å². The number of anilines is 1. The first-order valence-corrected chi connectivity index (χ1v) is 12.5. The van der Waals surface area contributed by atoms with Gasteiger partial charge in [-0.25, -0.2) is 4.79 Å². The van der Waals surface area contributed by atoms with Gasteiger partial charge in [-0.3, -0.25) is 4.90 Å². The summed E-state index contributed by atoms with van der Waals surface area (Å²) in [6.07, 6.45) is -8.49. The zero-order valence-corrected chi connectivity index (χ0v) is 20.6. The quantitative estimate of drug-likeness (QED) is 0.451. The fourth-order valence-electron chi connectivity index (χ4n) is 5.71. The highest BCUT2D eigenvalue weighted by molar-refractivity contribution is 5.68. The minimum absolute atomic E-state index is 0.249. The summed E-state index contributed by atoms with van der Waals surface area (Å²) in [5, 5.41) is 0. The summed E-state index contributed by atoms with van der Waals surface area (Å²) in [6, 6.07) is 4.30. The molecule has 4 rings (SSSR count). The largest absolute Gasteiger partial charge is 0.437 e. The van der Waals surface area contributed by atoms with Gasteiger partial charge in [0.25, 0.3) is 0 Å². The number of nitrogens with zero attached hydrogens (tertiary/aromatic N) is 3. The van der Waals surface area contributed by atoms with Gasteiger partial charge in [-0.05, 0) is 75.3 Å². The van der Waals surface area contributed by atoms with Crippen LogP contribution in [-0.4, -0.2) is 66.4 Å². The van der Waals surface area contributed by atoms with Crippen LogP contribution in [-0.2, 0) is 17.5 Å². The van der Waals surface area contributed by atoms with Crippen molar-refractivity contribution in [1.82, 2.24) is 9.80 Å². The lowest BCUT2D eigenvalue weighted by Gasteiger charge is -2.45. The van der Waals surface area contributed by atoms with Gasteiger partial charge in [-0.1, -0.05) is 6.92 Å². The molecule has 2 unspecified atom stereocenters. The Bertz CT molecular complexity index is 943. The summed E-state index contributed by atoms with van der Waals surface area (Å²) in [7, 11) is 0. The molecular weight excluding hydrogens is 488 g/mol. The number of amides is 1. The highest BCUT2D eigenvalue weighted by Crippen LogP contribution is 2.41. The SMILES string of the molecule is CC1CCN(c2cc(CN3CCCC34CCN(C(=O)OC(C)C(F)(F)F)CC4)cc(C(F)(F)F)c2)C1. The van der Waals surface area contributed by atoms with Crippen LogP contribution >= 0.6 is 0 Å². The van der Waals surface area contributed by atoms with Gasteiger partial charge in [0.15, 0.2) is 6.10 Å². The average molecular weight is 522 g/mol. The number of hydrogen-bond donors (Lipinski definition) is 0. The van der Waals surface area contributed by atoms with E-state index in [0.29, 0.717) is 36.6 Å². The molecule has 1 amide bonds. The van der Waals surface area contributed by atoms with E-state index in [1.54, 1.807) is 0 Å². The van der Waals surface area contributed by atoms with Crippen LogP contribution in [0.2, 0.25) is 0 Å². The molecule has 3 aliphatic rings. The second kappa shape index (κ2) is 9.95. The summed E-state index contributed by atoms with van der Waals surface area (Å²) in [5.74, 6) is 0.431. The molecule has 3 fully saturated rings. The Morgan fingerprint density at radius 2 is 1.75 bits per heavy atom. The Hall–Kier alpha value is -2.17. The fourth-order valence-corrected chi connectivity index (χ4v) is 5.71. The molecule has 0 radical (unpaired) electrons. The molecule has 2 atom stereocenters. The molecule has 1 aromatic rings. The molecule has 3 heterocycles. The number of hydrogen-bond acceptors (Lipinski definition) is 4. The average Bonchev–Trinajstić information content (AvgIpc) is 3.39. The van der Waals surface area contributed by atoms with E-state index in [0.717, 1.165) is 45.8 Å². The Balaban J connectivity index is 1.46. The highest BCUT2D eigenvalue weighted by Gasteiger charge is 2.45. The van der Waals surface area contributed by atoms with Gasteiger partial charge >= 0.3 is 18.4 Å². The van der Waals surface area contributed by atoms with Crippen LogP contribution in [0, 0.1) is 5.92 Å². The van der Waals surface area contributed by atoms with Gasteiger partial charge in [0.1, 0.15) is 0 Å². The van der Waals surface area contributed by atoms with E-state index < -0.39 is 30.1 Å². The smallest absolute Gasteiger partial charge is 0.425 e. The van der Waals surface area contributed by atoms with Crippen LogP contribution < -0.4 is 4.90 Å². The predicted octanol–water partition coefficient (Wildman–Crippen LogP) is 6.07. The first-order valence-electron chi connectivity index (χ1n) is 12.5. The molecule has 5 nitrogen and oxygen atoms in total. The molecular formula is C25H33F6N3O2. The normalized spacial score (nSPS) is 23.9. The summed E-state index contributed by atoms with van der Waals surface area (Å²) < 4.78 is 83.9. The molecule has 11 heteroatoms. The van der Waals surface area contributed by atoms with Crippen molar-refractivity contribution in [2.24, 2.45) is 5.92 Å². The summed E-state index contributed by atoms with van der Waals surface area (Å²) in [6.45, 7) is 5.93. The highest BCUT2D eigenvalue weighted by atomic mass is 19.4. The van der Waals surface area contributed by atoms with E-state index in [1.165, 1.54) is 17.0 Å². The minimum atomic E-state index is -4.62. The molecule has 3 aliphatic heterocycles. The lowest BCUT2D eigenvalue weighted by molar-refractivity contribution is -0.200. The lowest BCUT2D eigenvalue weighted by atomic mass is 9.84. The van der Waals surface area contributed by atoms with Gasteiger partial charge in [-0.2, -0.15) is 26.3 Å². The predicted molar refractivity (Wildman–Crippen MR) is 123 cm³/mol. The van der Waals surface area contributed by atoms with Crippen LogP contribution in [0.15, 0.2) is 18.2 Å². The van der Waals surface area contributed by atoms with Crippen molar-refractivity contribution in [3.8, 4) is 0 Å². The monoisotopic (exact) mass is 521 g/mol. The number of carbonyl (C=O) groups excluding carboxylic acids is 1. The first-order chi connectivity index (χ1) is 16.8. The van der Waals surface area contributed by atoms with Gasteiger partial charge in [0.05, 0.1) is 5.56 Å². The first kappa shape index (κ1) is 26.9. The summed E-state index contributed by atoms with van der Waals surface area (Å²) in [4.78, 5) is 17.7.